The fourth-order valence-electron chi connectivity index (χ4n) is 1.99. The van der Waals surface area contributed by atoms with Crippen molar-refractivity contribution in [3.63, 3.8) is 0 Å². The zero-order valence-corrected chi connectivity index (χ0v) is 13.2. The van der Waals surface area contributed by atoms with E-state index in [9.17, 15) is 0 Å². The van der Waals surface area contributed by atoms with Gasteiger partial charge in [0.1, 0.15) is 0 Å². The van der Waals surface area contributed by atoms with Gasteiger partial charge >= 0.3 is 0 Å². The Morgan fingerprint density at radius 3 is 1.84 bits per heavy atom. The molecule has 2 N–H and O–H groups in total. The number of allylic oxidation sites excluding steroid dienone is 2. The minimum Gasteiger partial charge on any atom is -0.387 e. The average molecular weight is 266 g/mol. The lowest BCUT2D eigenvalue weighted by Crippen LogP contribution is -2.25. The van der Waals surface area contributed by atoms with Crippen LogP contribution in [0.4, 0.5) is 0 Å². The van der Waals surface area contributed by atoms with Crippen molar-refractivity contribution < 1.29 is 0 Å². The summed E-state index contributed by atoms with van der Waals surface area (Å²) in [5.41, 5.74) is 2.29. The Labute approximate surface area is 120 Å². The van der Waals surface area contributed by atoms with Crippen molar-refractivity contribution in [2.45, 2.75) is 71.6 Å². The number of hydrogen-bond acceptors (Lipinski definition) is 2. The summed E-state index contributed by atoms with van der Waals surface area (Å²) in [6.45, 7) is 14.2. The molecule has 19 heavy (non-hydrogen) atoms. The van der Waals surface area contributed by atoms with E-state index in [4.69, 9.17) is 0 Å². The van der Waals surface area contributed by atoms with Gasteiger partial charge in [-0.15, -0.1) is 0 Å². The molecule has 0 spiro atoms. The van der Waals surface area contributed by atoms with Crippen LogP contribution in [0.2, 0.25) is 0 Å². The molecule has 0 saturated carbocycles. The average Bonchev–Trinajstić information content (AvgIpc) is 2.42. The van der Waals surface area contributed by atoms with Crippen molar-refractivity contribution in [2.24, 2.45) is 0 Å². The van der Waals surface area contributed by atoms with E-state index in [1.54, 1.807) is 0 Å². The van der Waals surface area contributed by atoms with E-state index in [0.717, 1.165) is 31.6 Å². The minimum atomic E-state index is 0.933. The van der Waals surface area contributed by atoms with E-state index < -0.39 is 0 Å². The number of rotatable bonds is 14. The van der Waals surface area contributed by atoms with E-state index in [-0.39, 0.29) is 0 Å². The largest absolute Gasteiger partial charge is 0.387 e. The highest BCUT2D eigenvalue weighted by Crippen LogP contribution is 2.10. The summed E-state index contributed by atoms with van der Waals surface area (Å²) in [5.74, 6) is 0. The number of hydrogen-bond donors (Lipinski definition) is 2. The second-order valence-electron chi connectivity index (χ2n) is 5.29. The lowest BCUT2D eigenvalue weighted by atomic mass is 10.1. The molecule has 0 fully saturated rings. The predicted molar refractivity (Wildman–Crippen MR) is 87.2 cm³/mol. The first-order valence-corrected chi connectivity index (χ1v) is 8.04. The summed E-state index contributed by atoms with van der Waals surface area (Å²) in [4.78, 5) is 0. The second-order valence-corrected chi connectivity index (χ2v) is 5.29. The normalized spacial score (nSPS) is 10.2. The number of nitrogens with one attached hydrogen (secondary N) is 2. The van der Waals surface area contributed by atoms with Crippen LogP contribution >= 0.6 is 0 Å². The molecule has 0 atom stereocenters. The van der Waals surface area contributed by atoms with E-state index in [2.05, 4.69) is 37.6 Å². The highest BCUT2D eigenvalue weighted by molar-refractivity contribution is 4.93. The van der Waals surface area contributed by atoms with Crippen molar-refractivity contribution in [3.8, 4) is 0 Å². The van der Waals surface area contributed by atoms with Gasteiger partial charge in [0.25, 0.3) is 0 Å². The highest BCUT2D eigenvalue weighted by Gasteiger charge is 1.95. The zero-order valence-electron chi connectivity index (χ0n) is 13.2. The van der Waals surface area contributed by atoms with Crippen LogP contribution < -0.4 is 10.6 Å². The van der Waals surface area contributed by atoms with Gasteiger partial charge in [-0.25, -0.2) is 0 Å². The molecule has 0 aliphatic rings. The predicted octanol–water partition coefficient (Wildman–Crippen LogP) is 4.74. The van der Waals surface area contributed by atoms with Gasteiger partial charge in [-0.05, 0) is 19.3 Å². The van der Waals surface area contributed by atoms with Crippen LogP contribution in [0.15, 0.2) is 24.6 Å². The van der Waals surface area contributed by atoms with E-state index in [0.29, 0.717) is 0 Å². The standard InChI is InChI=1S/C17H34N2/c1-5-7-8-9-10-11-12-13-17(4)19-15-14-18-16(3)6-2/h18-19H,3-15H2,1-2H3. The Bertz CT molecular complexity index is 233. The van der Waals surface area contributed by atoms with E-state index in [1.807, 2.05) is 0 Å². The molecule has 0 aromatic carbocycles. The van der Waals surface area contributed by atoms with E-state index in [1.165, 1.54) is 50.6 Å². The molecule has 112 valence electrons. The monoisotopic (exact) mass is 266 g/mol. The fourth-order valence-corrected chi connectivity index (χ4v) is 1.99. The molecule has 0 unspecified atom stereocenters. The maximum absolute atomic E-state index is 4.08. The Balaban J connectivity index is 3.23. The third-order valence-corrected chi connectivity index (χ3v) is 3.38. The Hall–Kier alpha value is -0.920. The maximum atomic E-state index is 4.08. The molecule has 0 aliphatic carbocycles. The summed E-state index contributed by atoms with van der Waals surface area (Å²) >= 11 is 0. The molecule has 0 aliphatic heterocycles. The molecular weight excluding hydrogens is 232 g/mol. The quantitative estimate of drug-likeness (QED) is 0.444. The third-order valence-electron chi connectivity index (χ3n) is 3.38. The highest BCUT2D eigenvalue weighted by atomic mass is 14.9. The topological polar surface area (TPSA) is 24.1 Å². The van der Waals surface area contributed by atoms with Gasteiger partial charge < -0.3 is 10.6 Å². The van der Waals surface area contributed by atoms with Gasteiger partial charge in [0, 0.05) is 24.5 Å². The summed E-state index contributed by atoms with van der Waals surface area (Å²) in [6, 6.07) is 0. The summed E-state index contributed by atoms with van der Waals surface area (Å²) in [7, 11) is 0. The smallest absolute Gasteiger partial charge is 0.0317 e. The van der Waals surface area contributed by atoms with E-state index >= 15 is 0 Å². The van der Waals surface area contributed by atoms with Crippen LogP contribution in [-0.4, -0.2) is 13.1 Å². The molecule has 0 aromatic rings. The van der Waals surface area contributed by atoms with Crippen molar-refractivity contribution in [2.75, 3.05) is 13.1 Å². The molecule has 2 nitrogen and oxygen atoms in total. The summed E-state index contributed by atoms with van der Waals surface area (Å²) < 4.78 is 0. The minimum absolute atomic E-state index is 0.933. The van der Waals surface area contributed by atoms with Crippen molar-refractivity contribution in [1.82, 2.24) is 10.6 Å². The maximum Gasteiger partial charge on any atom is 0.0317 e. The van der Waals surface area contributed by atoms with Crippen LogP contribution in [0.3, 0.4) is 0 Å². The van der Waals surface area contributed by atoms with Crippen molar-refractivity contribution in [3.05, 3.63) is 24.6 Å². The van der Waals surface area contributed by atoms with Crippen LogP contribution in [0, 0.1) is 0 Å². The van der Waals surface area contributed by atoms with Crippen LogP contribution in [0.5, 0.6) is 0 Å². The van der Waals surface area contributed by atoms with Gasteiger partial charge in [-0.2, -0.15) is 0 Å². The second kappa shape index (κ2) is 13.5. The van der Waals surface area contributed by atoms with Crippen LogP contribution in [-0.2, 0) is 0 Å². The van der Waals surface area contributed by atoms with Crippen molar-refractivity contribution >= 4 is 0 Å². The Kier molecular flexibility index (Phi) is 12.9. The lowest BCUT2D eigenvalue weighted by Gasteiger charge is -2.11. The summed E-state index contributed by atoms with van der Waals surface area (Å²) in [6.07, 6.45) is 11.6. The third kappa shape index (κ3) is 13.3. The first kappa shape index (κ1) is 18.1. The lowest BCUT2D eigenvalue weighted by molar-refractivity contribution is 0.579. The molecule has 0 heterocycles. The molecule has 0 amide bonds. The van der Waals surface area contributed by atoms with Gasteiger partial charge in [-0.1, -0.05) is 65.5 Å². The molecule has 0 saturated heterocycles. The SMILES string of the molecule is C=C(CC)NCCNC(=C)CCCCCCCCC. The van der Waals surface area contributed by atoms with Crippen LogP contribution in [0.1, 0.15) is 71.6 Å². The molecule has 0 radical (unpaired) electrons. The van der Waals surface area contributed by atoms with Crippen LogP contribution in [0.25, 0.3) is 0 Å². The van der Waals surface area contributed by atoms with Crippen molar-refractivity contribution in [1.29, 1.82) is 0 Å². The Morgan fingerprint density at radius 2 is 1.26 bits per heavy atom. The van der Waals surface area contributed by atoms with Gasteiger partial charge in [0.05, 0.1) is 0 Å². The summed E-state index contributed by atoms with van der Waals surface area (Å²) in [5, 5.41) is 6.66. The number of unbranched alkanes of at least 4 members (excludes halogenated alkanes) is 6. The molecule has 0 aromatic heterocycles. The van der Waals surface area contributed by atoms with Gasteiger partial charge in [0.2, 0.25) is 0 Å². The molecule has 0 bridgehead atoms. The van der Waals surface area contributed by atoms with Gasteiger partial charge in [0.15, 0.2) is 0 Å². The van der Waals surface area contributed by atoms with Gasteiger partial charge in [-0.3, -0.25) is 0 Å². The first-order valence-electron chi connectivity index (χ1n) is 8.04. The fraction of sp³-hybridized carbons (Fsp3) is 0.765. The molecular formula is C17H34N2. The molecule has 0 rings (SSSR count). The zero-order chi connectivity index (χ0) is 14.3. The molecule has 2 heteroatoms. The first-order chi connectivity index (χ1) is 9.20. The Morgan fingerprint density at radius 1 is 0.737 bits per heavy atom.